The number of hydrogen-bond donors (Lipinski definition) is 1. The molecule has 0 fully saturated rings. The standard InChI is InChI=1S/C10H21N/c1-6-9(4,5)10(11,7-2)8-3/h6H,1,7-8,11H2,2-5H3. The molecule has 0 aromatic carbocycles. The van der Waals surface area contributed by atoms with Crippen LogP contribution in [0, 0.1) is 5.41 Å². The number of rotatable bonds is 4. The Balaban J connectivity index is 4.60. The molecule has 0 aliphatic heterocycles. The van der Waals surface area contributed by atoms with Crippen molar-refractivity contribution in [1.29, 1.82) is 0 Å². The van der Waals surface area contributed by atoms with Crippen LogP contribution in [0.3, 0.4) is 0 Å². The molecule has 0 unspecified atom stereocenters. The summed E-state index contributed by atoms with van der Waals surface area (Å²) in [4.78, 5) is 0. The summed E-state index contributed by atoms with van der Waals surface area (Å²) in [6.45, 7) is 12.4. The zero-order chi connectivity index (χ0) is 9.12. The SMILES string of the molecule is C=CC(C)(C)C(N)(CC)CC. The Morgan fingerprint density at radius 1 is 1.27 bits per heavy atom. The largest absolute Gasteiger partial charge is 0.324 e. The van der Waals surface area contributed by atoms with Crippen LogP contribution in [0.4, 0.5) is 0 Å². The highest BCUT2D eigenvalue weighted by Gasteiger charge is 2.35. The minimum absolute atomic E-state index is 0.0382. The molecule has 2 N–H and O–H groups in total. The van der Waals surface area contributed by atoms with Crippen LogP contribution in [0.15, 0.2) is 12.7 Å². The van der Waals surface area contributed by atoms with Crippen molar-refractivity contribution in [1.82, 2.24) is 0 Å². The van der Waals surface area contributed by atoms with Crippen LogP contribution in [0.1, 0.15) is 40.5 Å². The van der Waals surface area contributed by atoms with E-state index in [4.69, 9.17) is 5.73 Å². The van der Waals surface area contributed by atoms with E-state index in [-0.39, 0.29) is 11.0 Å². The second-order valence-electron chi connectivity index (χ2n) is 3.79. The van der Waals surface area contributed by atoms with E-state index in [2.05, 4.69) is 34.3 Å². The van der Waals surface area contributed by atoms with Crippen molar-refractivity contribution in [2.24, 2.45) is 11.1 Å². The van der Waals surface area contributed by atoms with Gasteiger partial charge in [0.25, 0.3) is 0 Å². The average Bonchev–Trinajstić information content (AvgIpc) is 2.02. The summed E-state index contributed by atoms with van der Waals surface area (Å²) >= 11 is 0. The van der Waals surface area contributed by atoms with Crippen LogP contribution in [0.5, 0.6) is 0 Å². The minimum atomic E-state index is -0.0885. The van der Waals surface area contributed by atoms with E-state index in [1.807, 2.05) is 6.08 Å². The lowest BCUT2D eigenvalue weighted by molar-refractivity contribution is 0.208. The summed E-state index contributed by atoms with van der Waals surface area (Å²) < 4.78 is 0. The molecule has 0 radical (unpaired) electrons. The highest BCUT2D eigenvalue weighted by Crippen LogP contribution is 2.34. The quantitative estimate of drug-likeness (QED) is 0.621. The monoisotopic (exact) mass is 155 g/mol. The molecular formula is C10H21N. The Morgan fingerprint density at radius 2 is 1.64 bits per heavy atom. The number of hydrogen-bond acceptors (Lipinski definition) is 1. The van der Waals surface area contributed by atoms with E-state index in [1.165, 1.54) is 0 Å². The van der Waals surface area contributed by atoms with Crippen LogP contribution >= 0.6 is 0 Å². The zero-order valence-electron chi connectivity index (χ0n) is 8.28. The topological polar surface area (TPSA) is 26.0 Å². The van der Waals surface area contributed by atoms with Gasteiger partial charge < -0.3 is 5.73 Å². The van der Waals surface area contributed by atoms with E-state index < -0.39 is 0 Å². The maximum absolute atomic E-state index is 6.21. The maximum Gasteiger partial charge on any atom is 0.0235 e. The summed E-state index contributed by atoms with van der Waals surface area (Å²) in [7, 11) is 0. The summed E-state index contributed by atoms with van der Waals surface area (Å²) in [6.07, 6.45) is 3.96. The highest BCUT2D eigenvalue weighted by atomic mass is 14.8. The second-order valence-corrected chi connectivity index (χ2v) is 3.79. The van der Waals surface area contributed by atoms with Gasteiger partial charge in [-0.3, -0.25) is 0 Å². The third kappa shape index (κ3) is 1.84. The Bertz CT molecular complexity index is 132. The fraction of sp³-hybridized carbons (Fsp3) is 0.800. The fourth-order valence-corrected chi connectivity index (χ4v) is 1.36. The van der Waals surface area contributed by atoms with Gasteiger partial charge >= 0.3 is 0 Å². The smallest absolute Gasteiger partial charge is 0.0235 e. The lowest BCUT2D eigenvalue weighted by atomic mass is 9.70. The van der Waals surface area contributed by atoms with E-state index in [9.17, 15) is 0 Å². The molecule has 0 saturated heterocycles. The molecule has 0 rings (SSSR count). The van der Waals surface area contributed by atoms with Crippen LogP contribution in [0.2, 0.25) is 0 Å². The molecule has 0 amide bonds. The molecule has 0 aromatic heterocycles. The molecule has 0 aliphatic rings. The predicted octanol–water partition coefficient (Wildman–Crippen LogP) is 2.72. The minimum Gasteiger partial charge on any atom is -0.324 e. The molecule has 0 bridgehead atoms. The summed E-state index contributed by atoms with van der Waals surface area (Å²) in [6, 6.07) is 0. The van der Waals surface area contributed by atoms with E-state index in [0.717, 1.165) is 12.8 Å². The molecular weight excluding hydrogens is 134 g/mol. The number of nitrogens with two attached hydrogens (primary N) is 1. The van der Waals surface area contributed by atoms with Gasteiger partial charge in [-0.05, 0) is 12.8 Å². The first-order chi connectivity index (χ1) is 4.93. The first-order valence-corrected chi connectivity index (χ1v) is 4.36. The fourth-order valence-electron chi connectivity index (χ4n) is 1.36. The van der Waals surface area contributed by atoms with Crippen LogP contribution in [0.25, 0.3) is 0 Å². The van der Waals surface area contributed by atoms with Crippen LogP contribution < -0.4 is 5.73 Å². The molecule has 0 atom stereocenters. The molecule has 66 valence electrons. The molecule has 1 nitrogen and oxygen atoms in total. The molecule has 0 aromatic rings. The van der Waals surface area contributed by atoms with Gasteiger partial charge in [0, 0.05) is 11.0 Å². The van der Waals surface area contributed by atoms with Crippen LogP contribution in [-0.4, -0.2) is 5.54 Å². The molecule has 0 spiro atoms. The highest BCUT2D eigenvalue weighted by molar-refractivity contribution is 5.05. The third-order valence-corrected chi connectivity index (χ3v) is 3.06. The zero-order valence-corrected chi connectivity index (χ0v) is 8.28. The van der Waals surface area contributed by atoms with Crippen molar-refractivity contribution >= 4 is 0 Å². The maximum atomic E-state index is 6.21. The first kappa shape index (κ1) is 10.7. The predicted molar refractivity (Wildman–Crippen MR) is 51.5 cm³/mol. The van der Waals surface area contributed by atoms with E-state index in [0.29, 0.717) is 0 Å². The van der Waals surface area contributed by atoms with E-state index in [1.54, 1.807) is 0 Å². The molecule has 0 aliphatic carbocycles. The van der Waals surface area contributed by atoms with Gasteiger partial charge in [-0.2, -0.15) is 0 Å². The van der Waals surface area contributed by atoms with Crippen LogP contribution in [-0.2, 0) is 0 Å². The van der Waals surface area contributed by atoms with Gasteiger partial charge in [0.1, 0.15) is 0 Å². The Labute approximate surface area is 70.7 Å². The van der Waals surface area contributed by atoms with Gasteiger partial charge in [0.05, 0.1) is 0 Å². The first-order valence-electron chi connectivity index (χ1n) is 4.36. The molecule has 0 heterocycles. The van der Waals surface area contributed by atoms with Crippen molar-refractivity contribution in [3.05, 3.63) is 12.7 Å². The van der Waals surface area contributed by atoms with Gasteiger partial charge in [-0.1, -0.05) is 33.8 Å². The van der Waals surface area contributed by atoms with Gasteiger partial charge in [-0.15, -0.1) is 6.58 Å². The lowest BCUT2D eigenvalue weighted by Crippen LogP contribution is -2.50. The lowest BCUT2D eigenvalue weighted by Gasteiger charge is -2.41. The normalized spacial score (nSPS) is 13.2. The average molecular weight is 155 g/mol. The summed E-state index contributed by atoms with van der Waals surface area (Å²) in [5.41, 5.74) is 6.16. The second kappa shape index (κ2) is 3.40. The van der Waals surface area contributed by atoms with Gasteiger partial charge in [-0.25, -0.2) is 0 Å². The van der Waals surface area contributed by atoms with Crippen molar-refractivity contribution in [2.75, 3.05) is 0 Å². The molecule has 11 heavy (non-hydrogen) atoms. The van der Waals surface area contributed by atoms with Crippen molar-refractivity contribution in [3.63, 3.8) is 0 Å². The Hall–Kier alpha value is -0.300. The Kier molecular flexibility index (Phi) is 3.30. The Morgan fingerprint density at radius 3 is 1.73 bits per heavy atom. The van der Waals surface area contributed by atoms with Gasteiger partial charge in [0.2, 0.25) is 0 Å². The third-order valence-electron chi connectivity index (χ3n) is 3.06. The van der Waals surface area contributed by atoms with Crippen molar-refractivity contribution in [2.45, 2.75) is 46.1 Å². The summed E-state index contributed by atoms with van der Waals surface area (Å²) in [5, 5.41) is 0. The molecule has 0 saturated carbocycles. The molecule has 1 heteroatoms. The van der Waals surface area contributed by atoms with Gasteiger partial charge in [0.15, 0.2) is 0 Å². The summed E-state index contributed by atoms with van der Waals surface area (Å²) in [5.74, 6) is 0. The van der Waals surface area contributed by atoms with E-state index >= 15 is 0 Å². The van der Waals surface area contributed by atoms with Crippen molar-refractivity contribution in [3.8, 4) is 0 Å². The van der Waals surface area contributed by atoms with Crippen molar-refractivity contribution < 1.29 is 0 Å².